The van der Waals surface area contributed by atoms with Gasteiger partial charge in [-0.3, -0.25) is 0 Å². The minimum atomic E-state index is 1.05. The average Bonchev–Trinajstić information content (AvgIpc) is 2.78. The third kappa shape index (κ3) is 1.31. The molecule has 0 amide bonds. The van der Waals surface area contributed by atoms with Crippen molar-refractivity contribution < 1.29 is 0 Å². The standard InChI is InChI=1S/C17H11Br/c18-17-10-16-12-6-2-1-5-11(12)9-15(16)13-7-3-4-8-14(13)17/h1-8,10H,9H2. The molecule has 0 atom stereocenters. The predicted molar refractivity (Wildman–Crippen MR) is 79.9 cm³/mol. The van der Waals surface area contributed by atoms with E-state index in [0.29, 0.717) is 0 Å². The number of benzene rings is 3. The Hall–Kier alpha value is -1.60. The predicted octanol–water partition coefficient (Wildman–Crippen LogP) is 5.17. The molecular formula is C17H11Br. The van der Waals surface area contributed by atoms with Crippen molar-refractivity contribution in [3.05, 3.63) is 70.2 Å². The lowest BCUT2D eigenvalue weighted by Gasteiger charge is -2.08. The largest absolute Gasteiger partial charge is 0.0619 e. The van der Waals surface area contributed by atoms with E-state index >= 15 is 0 Å². The van der Waals surface area contributed by atoms with E-state index in [4.69, 9.17) is 0 Å². The second kappa shape index (κ2) is 3.69. The fourth-order valence-corrected chi connectivity index (χ4v) is 3.52. The molecule has 0 aromatic heterocycles. The summed E-state index contributed by atoms with van der Waals surface area (Å²) in [4.78, 5) is 0. The van der Waals surface area contributed by atoms with E-state index in [-0.39, 0.29) is 0 Å². The van der Waals surface area contributed by atoms with Crippen LogP contribution >= 0.6 is 15.9 Å². The molecular weight excluding hydrogens is 284 g/mol. The number of fused-ring (bicyclic) bond motifs is 5. The molecule has 86 valence electrons. The Morgan fingerprint density at radius 1 is 0.778 bits per heavy atom. The molecule has 4 rings (SSSR count). The van der Waals surface area contributed by atoms with Crippen LogP contribution in [0, 0.1) is 0 Å². The van der Waals surface area contributed by atoms with E-state index in [1.807, 2.05) is 0 Å². The number of hydrogen-bond acceptors (Lipinski definition) is 0. The molecule has 0 aliphatic heterocycles. The number of halogens is 1. The van der Waals surface area contributed by atoms with Crippen LogP contribution in [0.15, 0.2) is 59.1 Å². The van der Waals surface area contributed by atoms with Gasteiger partial charge in [0.25, 0.3) is 0 Å². The van der Waals surface area contributed by atoms with Crippen LogP contribution in [-0.4, -0.2) is 0 Å². The van der Waals surface area contributed by atoms with Gasteiger partial charge in [-0.1, -0.05) is 64.5 Å². The van der Waals surface area contributed by atoms with Gasteiger partial charge in [-0.2, -0.15) is 0 Å². The molecule has 0 saturated carbocycles. The molecule has 0 spiro atoms. The summed E-state index contributed by atoms with van der Waals surface area (Å²) in [6, 6.07) is 19.6. The molecule has 0 saturated heterocycles. The van der Waals surface area contributed by atoms with Crippen molar-refractivity contribution in [1.82, 2.24) is 0 Å². The Kier molecular flexibility index (Phi) is 2.12. The van der Waals surface area contributed by atoms with Crippen LogP contribution in [0.3, 0.4) is 0 Å². The summed E-state index contributed by atoms with van der Waals surface area (Å²) in [5, 5.41) is 2.68. The lowest BCUT2D eigenvalue weighted by atomic mass is 9.99. The first-order valence-corrected chi connectivity index (χ1v) is 6.92. The zero-order chi connectivity index (χ0) is 12.1. The van der Waals surface area contributed by atoms with Crippen molar-refractivity contribution in [3.63, 3.8) is 0 Å². The van der Waals surface area contributed by atoms with Crippen molar-refractivity contribution in [2.45, 2.75) is 6.42 Å². The number of hydrogen-bond donors (Lipinski definition) is 0. The van der Waals surface area contributed by atoms with Gasteiger partial charge in [0.1, 0.15) is 0 Å². The Morgan fingerprint density at radius 3 is 2.39 bits per heavy atom. The van der Waals surface area contributed by atoms with E-state index in [1.165, 1.54) is 37.5 Å². The maximum Gasteiger partial charge on any atom is 0.0260 e. The highest BCUT2D eigenvalue weighted by molar-refractivity contribution is 9.10. The summed E-state index contributed by atoms with van der Waals surface area (Å²) in [6.45, 7) is 0. The molecule has 1 aliphatic carbocycles. The molecule has 3 aromatic carbocycles. The van der Waals surface area contributed by atoms with E-state index in [0.717, 1.165) is 6.42 Å². The fraction of sp³-hybridized carbons (Fsp3) is 0.0588. The van der Waals surface area contributed by atoms with Crippen molar-refractivity contribution >= 4 is 26.7 Å². The minimum Gasteiger partial charge on any atom is -0.0619 e. The monoisotopic (exact) mass is 294 g/mol. The summed E-state index contributed by atoms with van der Waals surface area (Å²) in [5.41, 5.74) is 5.68. The molecule has 0 radical (unpaired) electrons. The molecule has 0 N–H and O–H groups in total. The van der Waals surface area contributed by atoms with Crippen LogP contribution in [0.1, 0.15) is 11.1 Å². The molecule has 3 aromatic rings. The summed E-state index contributed by atoms with van der Waals surface area (Å²) < 4.78 is 1.19. The molecule has 0 bridgehead atoms. The van der Waals surface area contributed by atoms with Crippen molar-refractivity contribution in [2.24, 2.45) is 0 Å². The van der Waals surface area contributed by atoms with E-state index < -0.39 is 0 Å². The van der Waals surface area contributed by atoms with Crippen LogP contribution in [0.5, 0.6) is 0 Å². The van der Waals surface area contributed by atoms with Gasteiger partial charge in [-0.05, 0) is 45.5 Å². The van der Waals surface area contributed by atoms with Crippen LogP contribution in [-0.2, 0) is 6.42 Å². The Morgan fingerprint density at radius 2 is 1.50 bits per heavy atom. The van der Waals surface area contributed by atoms with Crippen LogP contribution < -0.4 is 0 Å². The first-order valence-electron chi connectivity index (χ1n) is 6.13. The van der Waals surface area contributed by atoms with Gasteiger partial charge in [-0.25, -0.2) is 0 Å². The van der Waals surface area contributed by atoms with E-state index in [2.05, 4.69) is 70.5 Å². The quantitative estimate of drug-likeness (QED) is 0.419. The van der Waals surface area contributed by atoms with Crippen LogP contribution in [0.2, 0.25) is 0 Å². The molecule has 0 fully saturated rings. The Labute approximate surface area is 114 Å². The molecule has 0 unspecified atom stereocenters. The first-order chi connectivity index (χ1) is 8.84. The van der Waals surface area contributed by atoms with Crippen molar-refractivity contribution in [1.29, 1.82) is 0 Å². The van der Waals surface area contributed by atoms with Gasteiger partial charge >= 0.3 is 0 Å². The second-order valence-electron chi connectivity index (χ2n) is 4.76. The molecule has 1 aliphatic rings. The van der Waals surface area contributed by atoms with Gasteiger partial charge in [0.05, 0.1) is 0 Å². The van der Waals surface area contributed by atoms with Gasteiger partial charge in [0, 0.05) is 4.47 Å². The van der Waals surface area contributed by atoms with Crippen LogP contribution in [0.4, 0.5) is 0 Å². The number of rotatable bonds is 0. The maximum absolute atomic E-state index is 3.70. The molecule has 0 heterocycles. The molecule has 1 heteroatoms. The maximum atomic E-state index is 3.70. The Bertz CT molecular complexity index is 772. The smallest absolute Gasteiger partial charge is 0.0260 e. The van der Waals surface area contributed by atoms with Gasteiger partial charge in [-0.15, -0.1) is 0 Å². The zero-order valence-electron chi connectivity index (χ0n) is 9.78. The summed E-state index contributed by atoms with van der Waals surface area (Å²) >= 11 is 3.70. The lowest BCUT2D eigenvalue weighted by molar-refractivity contribution is 1.28. The average molecular weight is 295 g/mol. The summed E-state index contributed by atoms with van der Waals surface area (Å²) in [6.07, 6.45) is 1.05. The van der Waals surface area contributed by atoms with E-state index in [9.17, 15) is 0 Å². The van der Waals surface area contributed by atoms with E-state index in [1.54, 1.807) is 0 Å². The summed E-state index contributed by atoms with van der Waals surface area (Å²) in [5.74, 6) is 0. The highest BCUT2D eigenvalue weighted by Crippen LogP contribution is 2.42. The van der Waals surface area contributed by atoms with Crippen LogP contribution in [0.25, 0.3) is 21.9 Å². The zero-order valence-corrected chi connectivity index (χ0v) is 11.4. The van der Waals surface area contributed by atoms with Gasteiger partial charge in [0.2, 0.25) is 0 Å². The Balaban J connectivity index is 2.14. The SMILES string of the molecule is Brc1cc2c(c3ccccc13)Cc1ccccc1-2. The highest BCUT2D eigenvalue weighted by Gasteiger charge is 2.20. The van der Waals surface area contributed by atoms with Gasteiger partial charge in [0.15, 0.2) is 0 Å². The normalized spacial score (nSPS) is 12.5. The minimum absolute atomic E-state index is 1.05. The third-order valence-electron chi connectivity index (χ3n) is 3.78. The molecule has 0 nitrogen and oxygen atoms in total. The van der Waals surface area contributed by atoms with Crippen molar-refractivity contribution in [2.75, 3.05) is 0 Å². The molecule has 18 heavy (non-hydrogen) atoms. The topological polar surface area (TPSA) is 0 Å². The third-order valence-corrected chi connectivity index (χ3v) is 4.44. The summed E-state index contributed by atoms with van der Waals surface area (Å²) in [7, 11) is 0. The fourth-order valence-electron chi connectivity index (χ4n) is 2.95. The second-order valence-corrected chi connectivity index (χ2v) is 5.62. The highest BCUT2D eigenvalue weighted by atomic mass is 79.9. The first kappa shape index (κ1) is 10.3. The van der Waals surface area contributed by atoms with Crippen molar-refractivity contribution in [3.8, 4) is 11.1 Å². The lowest BCUT2D eigenvalue weighted by Crippen LogP contribution is -1.85. The van der Waals surface area contributed by atoms with Gasteiger partial charge < -0.3 is 0 Å².